The number of aromatic nitrogens is 2. The molecule has 1 N–H and O–H groups in total. The smallest absolute Gasteiger partial charge is 0.262 e. The van der Waals surface area contributed by atoms with Crippen LogP contribution in [0.5, 0.6) is 0 Å². The lowest BCUT2D eigenvalue weighted by molar-refractivity contribution is -0.132. The van der Waals surface area contributed by atoms with Crippen LogP contribution in [-0.2, 0) is 11.3 Å². The molecular weight excluding hydrogens is 424 g/mol. The van der Waals surface area contributed by atoms with E-state index in [0.29, 0.717) is 21.5 Å². The lowest BCUT2D eigenvalue weighted by Gasteiger charge is -2.26. The zero-order valence-electron chi connectivity index (χ0n) is 17.7. The molecular formula is C24H22N4O3S. The van der Waals surface area contributed by atoms with Crippen LogP contribution in [0, 0.1) is 0 Å². The molecule has 0 aliphatic carbocycles. The van der Waals surface area contributed by atoms with E-state index in [0.717, 1.165) is 5.56 Å². The van der Waals surface area contributed by atoms with E-state index in [1.165, 1.54) is 22.2 Å². The average molecular weight is 447 g/mol. The van der Waals surface area contributed by atoms with Gasteiger partial charge < -0.3 is 10.2 Å². The summed E-state index contributed by atoms with van der Waals surface area (Å²) in [5, 5.41) is 5.21. The van der Waals surface area contributed by atoms with Crippen molar-refractivity contribution >= 4 is 39.1 Å². The number of anilines is 1. The van der Waals surface area contributed by atoms with E-state index in [1.807, 2.05) is 48.7 Å². The molecule has 2 heterocycles. The second kappa shape index (κ2) is 9.15. The topological polar surface area (TPSA) is 84.3 Å². The van der Waals surface area contributed by atoms with E-state index >= 15 is 0 Å². The third kappa shape index (κ3) is 4.45. The van der Waals surface area contributed by atoms with Crippen molar-refractivity contribution in [2.24, 2.45) is 0 Å². The molecule has 0 radical (unpaired) electrons. The van der Waals surface area contributed by atoms with Crippen LogP contribution in [0.15, 0.2) is 77.2 Å². The second-order valence-electron chi connectivity index (χ2n) is 7.44. The van der Waals surface area contributed by atoms with Crippen molar-refractivity contribution in [1.29, 1.82) is 0 Å². The van der Waals surface area contributed by atoms with Crippen LogP contribution in [0.25, 0.3) is 10.2 Å². The van der Waals surface area contributed by atoms with E-state index < -0.39 is 0 Å². The van der Waals surface area contributed by atoms with Crippen LogP contribution in [0.1, 0.15) is 28.9 Å². The highest BCUT2D eigenvalue weighted by Crippen LogP contribution is 2.23. The van der Waals surface area contributed by atoms with Crippen molar-refractivity contribution < 1.29 is 9.59 Å². The number of carbonyl (C=O) groups is 2. The second-order valence-corrected chi connectivity index (χ2v) is 8.34. The monoisotopic (exact) mass is 446 g/mol. The summed E-state index contributed by atoms with van der Waals surface area (Å²) in [5.74, 6) is -0.412. The van der Waals surface area contributed by atoms with Gasteiger partial charge in [-0.15, -0.1) is 11.3 Å². The van der Waals surface area contributed by atoms with Crippen LogP contribution < -0.4 is 10.9 Å². The van der Waals surface area contributed by atoms with Crippen molar-refractivity contribution in [3.05, 3.63) is 93.9 Å². The Balaban J connectivity index is 1.47. The number of benzene rings is 2. The van der Waals surface area contributed by atoms with Crippen LogP contribution in [0.4, 0.5) is 5.69 Å². The molecule has 2 aromatic heterocycles. The third-order valence-electron chi connectivity index (χ3n) is 5.39. The van der Waals surface area contributed by atoms with Crippen molar-refractivity contribution in [2.75, 3.05) is 12.4 Å². The van der Waals surface area contributed by atoms with E-state index in [9.17, 15) is 14.4 Å². The van der Waals surface area contributed by atoms with E-state index in [4.69, 9.17) is 0 Å². The maximum absolute atomic E-state index is 12.9. The Hall–Kier alpha value is -3.78. The molecule has 4 rings (SSSR count). The molecule has 1 unspecified atom stereocenters. The molecule has 0 aliphatic heterocycles. The molecule has 8 heteroatoms. The van der Waals surface area contributed by atoms with Crippen LogP contribution in [0.3, 0.4) is 0 Å². The van der Waals surface area contributed by atoms with E-state index in [-0.39, 0.29) is 30.0 Å². The number of amides is 2. The molecule has 162 valence electrons. The summed E-state index contributed by atoms with van der Waals surface area (Å²) in [7, 11) is 1.70. The zero-order chi connectivity index (χ0) is 22.7. The fraction of sp³-hybridized carbons (Fsp3) is 0.167. The van der Waals surface area contributed by atoms with Gasteiger partial charge in [-0.1, -0.05) is 30.3 Å². The summed E-state index contributed by atoms with van der Waals surface area (Å²) in [6, 6.07) is 17.8. The summed E-state index contributed by atoms with van der Waals surface area (Å²) in [5.41, 5.74) is 1.86. The molecule has 0 saturated carbocycles. The van der Waals surface area contributed by atoms with Crippen molar-refractivity contribution in [3.63, 3.8) is 0 Å². The number of nitrogens with one attached hydrogen (secondary N) is 1. The quantitative estimate of drug-likeness (QED) is 0.486. The largest absolute Gasteiger partial charge is 0.337 e. The first-order valence-corrected chi connectivity index (χ1v) is 11.0. The fourth-order valence-electron chi connectivity index (χ4n) is 3.37. The van der Waals surface area contributed by atoms with Crippen molar-refractivity contribution in [1.82, 2.24) is 14.5 Å². The molecule has 0 bridgehead atoms. The Morgan fingerprint density at radius 2 is 1.91 bits per heavy atom. The minimum atomic E-state index is -0.260. The number of thiophene rings is 1. The Labute approximate surface area is 189 Å². The van der Waals surface area contributed by atoms with Gasteiger partial charge in [0.05, 0.1) is 17.8 Å². The molecule has 0 saturated heterocycles. The lowest BCUT2D eigenvalue weighted by atomic mass is 10.1. The highest BCUT2D eigenvalue weighted by molar-refractivity contribution is 7.16. The van der Waals surface area contributed by atoms with Crippen molar-refractivity contribution in [3.8, 4) is 0 Å². The molecule has 2 aromatic carbocycles. The van der Waals surface area contributed by atoms with Gasteiger partial charge in [0.15, 0.2) is 0 Å². The zero-order valence-corrected chi connectivity index (χ0v) is 18.5. The number of nitrogens with zero attached hydrogens (tertiary/aromatic N) is 3. The molecule has 32 heavy (non-hydrogen) atoms. The van der Waals surface area contributed by atoms with Gasteiger partial charge >= 0.3 is 0 Å². The number of likely N-dealkylation sites (N-methyl/N-ethyl adjacent to an activating group) is 1. The van der Waals surface area contributed by atoms with Gasteiger partial charge in [-0.2, -0.15) is 0 Å². The highest BCUT2D eigenvalue weighted by Gasteiger charge is 2.19. The summed E-state index contributed by atoms with van der Waals surface area (Å²) in [4.78, 5) is 44.4. The van der Waals surface area contributed by atoms with Gasteiger partial charge in [0, 0.05) is 18.3 Å². The van der Waals surface area contributed by atoms with E-state index in [1.54, 1.807) is 36.2 Å². The normalized spacial score (nSPS) is 11.8. The standard InChI is InChI=1S/C24H22N4O3S/c1-16(18-9-6-10-19(13-18)26-22(30)17-7-4-3-5-8-17)27(2)21(29)14-28-15-25-23-20(24(28)31)11-12-32-23/h3-13,15-16H,14H2,1-2H3,(H,26,30). The van der Waals surface area contributed by atoms with E-state index in [2.05, 4.69) is 10.3 Å². The maximum Gasteiger partial charge on any atom is 0.262 e. The first-order valence-electron chi connectivity index (χ1n) is 10.1. The Kier molecular flexibility index (Phi) is 6.13. The summed E-state index contributed by atoms with van der Waals surface area (Å²) in [6.45, 7) is 1.81. The highest BCUT2D eigenvalue weighted by atomic mass is 32.1. The molecule has 0 spiro atoms. The van der Waals surface area contributed by atoms with Gasteiger partial charge in [0.1, 0.15) is 11.4 Å². The summed E-state index contributed by atoms with van der Waals surface area (Å²) < 4.78 is 1.33. The first-order chi connectivity index (χ1) is 15.4. The SMILES string of the molecule is CC(c1cccc(NC(=O)c2ccccc2)c1)N(C)C(=O)Cn1cnc2sccc2c1=O. The molecule has 0 aliphatic rings. The number of hydrogen-bond donors (Lipinski definition) is 1. The Morgan fingerprint density at radius 3 is 2.69 bits per heavy atom. The lowest BCUT2D eigenvalue weighted by Crippen LogP contribution is -2.35. The number of fused-ring (bicyclic) bond motifs is 1. The van der Waals surface area contributed by atoms with Gasteiger partial charge in [0.2, 0.25) is 5.91 Å². The molecule has 7 nitrogen and oxygen atoms in total. The predicted octanol–water partition coefficient (Wildman–Crippen LogP) is 3.93. The summed E-state index contributed by atoms with van der Waals surface area (Å²) >= 11 is 1.39. The molecule has 2 amide bonds. The molecule has 1 atom stereocenters. The average Bonchev–Trinajstić information content (AvgIpc) is 3.30. The van der Waals surface area contributed by atoms with Gasteiger partial charge in [-0.25, -0.2) is 4.98 Å². The Morgan fingerprint density at radius 1 is 1.12 bits per heavy atom. The van der Waals surface area contributed by atoms with Gasteiger partial charge in [-0.3, -0.25) is 19.0 Å². The molecule has 0 fully saturated rings. The predicted molar refractivity (Wildman–Crippen MR) is 126 cm³/mol. The fourth-order valence-corrected chi connectivity index (χ4v) is 4.10. The minimum Gasteiger partial charge on any atom is -0.337 e. The summed E-state index contributed by atoms with van der Waals surface area (Å²) in [6.07, 6.45) is 1.41. The number of hydrogen-bond acceptors (Lipinski definition) is 5. The van der Waals surface area contributed by atoms with Crippen LogP contribution in [0.2, 0.25) is 0 Å². The third-order valence-corrected chi connectivity index (χ3v) is 6.21. The minimum absolute atomic E-state index is 0.0944. The maximum atomic E-state index is 12.9. The Bertz CT molecular complexity index is 1330. The first kappa shape index (κ1) is 21.5. The van der Waals surface area contributed by atoms with Crippen molar-refractivity contribution in [2.45, 2.75) is 19.5 Å². The van der Waals surface area contributed by atoms with Gasteiger partial charge in [-0.05, 0) is 48.2 Å². The van der Waals surface area contributed by atoms with Gasteiger partial charge in [0.25, 0.3) is 11.5 Å². The number of carbonyl (C=O) groups excluding carboxylic acids is 2. The van der Waals surface area contributed by atoms with Crippen LogP contribution >= 0.6 is 11.3 Å². The number of rotatable bonds is 6. The van der Waals surface area contributed by atoms with Crippen LogP contribution in [-0.4, -0.2) is 33.3 Å². The molecule has 4 aromatic rings.